The molecule has 3 aromatic carbocycles. The van der Waals surface area contributed by atoms with Gasteiger partial charge in [-0.1, -0.05) is 61.5 Å². The van der Waals surface area contributed by atoms with Crippen molar-refractivity contribution >= 4 is 51.1 Å². The molecule has 4 rings (SSSR count). The zero-order valence-electron chi connectivity index (χ0n) is 21.3. The van der Waals surface area contributed by atoms with Crippen molar-refractivity contribution in [1.82, 2.24) is 5.32 Å². The van der Waals surface area contributed by atoms with Crippen molar-refractivity contribution in [2.75, 3.05) is 31.2 Å². The van der Waals surface area contributed by atoms with Crippen molar-refractivity contribution in [1.29, 1.82) is 0 Å². The van der Waals surface area contributed by atoms with Crippen LogP contribution in [0.25, 0.3) is 10.8 Å². The second-order valence-corrected chi connectivity index (χ2v) is 9.91. The highest BCUT2D eigenvalue weighted by Gasteiger charge is 2.21. The van der Waals surface area contributed by atoms with Gasteiger partial charge in [-0.05, 0) is 52.2 Å². The monoisotopic (exact) mass is 624 g/mol. The maximum absolute atomic E-state index is 13.5. The first-order valence-electron chi connectivity index (χ1n) is 12.6. The number of para-hydroxylation sites is 1. The summed E-state index contributed by atoms with van der Waals surface area (Å²) in [6, 6.07) is 25.1. The van der Waals surface area contributed by atoms with Gasteiger partial charge >= 0.3 is 6.09 Å². The number of aryl methyl sites for hydroxylation is 1. The first-order chi connectivity index (χ1) is 18.5. The molecule has 1 heterocycles. The van der Waals surface area contributed by atoms with Crippen LogP contribution in [0.1, 0.15) is 23.7 Å². The molecule has 0 aliphatic rings. The van der Waals surface area contributed by atoms with Crippen LogP contribution in [-0.4, -0.2) is 38.3 Å². The molecule has 0 saturated heterocycles. The van der Waals surface area contributed by atoms with E-state index in [0.717, 1.165) is 38.7 Å². The van der Waals surface area contributed by atoms with Gasteiger partial charge in [-0.3, -0.25) is 4.79 Å². The van der Waals surface area contributed by atoms with Gasteiger partial charge in [-0.15, -0.1) is 0 Å². The first-order valence-corrected chi connectivity index (χ1v) is 13.7. The van der Waals surface area contributed by atoms with Crippen molar-refractivity contribution in [2.45, 2.75) is 19.9 Å². The van der Waals surface area contributed by atoms with Gasteiger partial charge in [0.1, 0.15) is 31.1 Å². The number of halogens is 1. The summed E-state index contributed by atoms with van der Waals surface area (Å²) < 4.78 is 14.3. The van der Waals surface area contributed by atoms with Crippen LogP contribution in [0, 0.1) is 3.57 Å². The summed E-state index contributed by atoms with van der Waals surface area (Å²) in [5.41, 5.74) is 1.33. The van der Waals surface area contributed by atoms with Gasteiger partial charge in [-0.2, -0.15) is 0 Å². The molecule has 0 unspecified atom stereocenters. The molecule has 4 aromatic rings. The molecule has 1 aromatic heterocycles. The fourth-order valence-electron chi connectivity index (χ4n) is 4.13. The van der Waals surface area contributed by atoms with Crippen LogP contribution in [0.3, 0.4) is 0 Å². The van der Waals surface area contributed by atoms with Crippen LogP contribution in [0.5, 0.6) is 5.75 Å². The number of alkyl carbamates (subject to hydrolysis) is 1. The van der Waals surface area contributed by atoms with Crippen molar-refractivity contribution in [3.8, 4) is 5.75 Å². The van der Waals surface area contributed by atoms with Gasteiger partial charge in [0.25, 0.3) is 5.91 Å². The third-order valence-corrected chi connectivity index (χ3v) is 6.45. The van der Waals surface area contributed by atoms with E-state index in [1.165, 1.54) is 0 Å². The van der Waals surface area contributed by atoms with Crippen LogP contribution >= 0.6 is 22.6 Å². The molecular weight excluding hydrogens is 593 g/mol. The number of ether oxygens (including phenoxy) is 2. The highest BCUT2D eigenvalue weighted by molar-refractivity contribution is 14.1. The Bertz CT molecular complexity index is 1380. The number of carbonyl (C=O) groups is 2. The minimum absolute atomic E-state index is 0.0511. The second-order valence-electron chi connectivity index (χ2n) is 8.66. The molecule has 0 spiro atoms. The summed E-state index contributed by atoms with van der Waals surface area (Å²) >= 11 is 2.22. The molecule has 196 valence electrons. The number of pyridine rings is 1. The average molecular weight is 624 g/mol. The van der Waals surface area contributed by atoms with E-state index in [1.54, 1.807) is 4.90 Å². The van der Waals surface area contributed by atoms with Gasteiger partial charge in [0, 0.05) is 17.5 Å². The molecule has 1 N–H and O–H groups in total. The van der Waals surface area contributed by atoms with E-state index in [1.807, 2.05) is 95.8 Å². The summed E-state index contributed by atoms with van der Waals surface area (Å²) in [6.45, 7) is 3.81. The number of carbonyl (C=O) groups excluding carboxylic acids is 2. The highest BCUT2D eigenvalue weighted by atomic mass is 127. The summed E-state index contributed by atoms with van der Waals surface area (Å²) in [7, 11) is 0. The van der Waals surface area contributed by atoms with Crippen LogP contribution in [0.4, 0.5) is 10.5 Å². The zero-order valence-corrected chi connectivity index (χ0v) is 23.5. The lowest BCUT2D eigenvalue weighted by molar-refractivity contribution is -0.697. The Morgan fingerprint density at radius 2 is 1.71 bits per heavy atom. The Labute approximate surface area is 236 Å². The second kappa shape index (κ2) is 13.8. The molecular formula is C30H31IN3O4+. The maximum atomic E-state index is 13.5. The van der Waals surface area contributed by atoms with E-state index in [-0.39, 0.29) is 19.1 Å². The first kappa shape index (κ1) is 27.4. The van der Waals surface area contributed by atoms with Crippen molar-refractivity contribution < 1.29 is 23.6 Å². The minimum atomic E-state index is -0.554. The fraction of sp³-hybridized carbons (Fsp3) is 0.233. The van der Waals surface area contributed by atoms with Gasteiger partial charge in [-0.25, -0.2) is 9.36 Å². The predicted molar refractivity (Wildman–Crippen MR) is 157 cm³/mol. The SMILES string of the molecule is CCC[n+]1cc(I)cc(C(=O)N(CCOC(=O)NCCOc2cccc3ccccc23)c2ccccc2)c1. The van der Waals surface area contributed by atoms with Crippen LogP contribution < -0.4 is 19.5 Å². The van der Waals surface area contributed by atoms with E-state index in [0.29, 0.717) is 18.7 Å². The highest BCUT2D eigenvalue weighted by Crippen LogP contribution is 2.25. The molecule has 38 heavy (non-hydrogen) atoms. The Kier molecular flexibility index (Phi) is 9.91. The Balaban J connectivity index is 1.31. The summed E-state index contributed by atoms with van der Waals surface area (Å²) in [6.07, 6.45) is 4.30. The predicted octanol–water partition coefficient (Wildman–Crippen LogP) is 5.59. The van der Waals surface area contributed by atoms with Gasteiger partial charge in [0.15, 0.2) is 12.4 Å². The molecule has 0 radical (unpaired) electrons. The van der Waals surface area contributed by atoms with E-state index < -0.39 is 6.09 Å². The van der Waals surface area contributed by atoms with Crippen molar-refractivity contribution in [2.24, 2.45) is 0 Å². The van der Waals surface area contributed by atoms with Gasteiger partial charge < -0.3 is 19.7 Å². The largest absolute Gasteiger partial charge is 0.491 e. The lowest BCUT2D eigenvalue weighted by atomic mass is 10.1. The number of nitrogens with zero attached hydrogens (tertiary/aromatic N) is 2. The number of benzene rings is 3. The molecule has 0 aliphatic heterocycles. The standard InChI is InChI=1S/C30H30IN3O4/c1-2-16-33-21-24(20-25(31)22-33)29(35)34(26-11-4-3-5-12-26)17-19-38-30(36)32-15-18-37-28-14-8-10-23-9-6-7-13-27(23)28/h3-14,20-22H,2,15-19H2,1H3/p+1. The number of hydrogen-bond acceptors (Lipinski definition) is 4. The van der Waals surface area contributed by atoms with Crippen LogP contribution in [0.15, 0.2) is 91.3 Å². The number of amides is 2. The van der Waals surface area contributed by atoms with Crippen LogP contribution in [-0.2, 0) is 11.3 Å². The molecule has 0 aliphatic carbocycles. The normalized spacial score (nSPS) is 10.7. The summed E-state index contributed by atoms with van der Waals surface area (Å²) in [4.78, 5) is 27.4. The number of hydrogen-bond donors (Lipinski definition) is 1. The summed E-state index contributed by atoms with van der Waals surface area (Å²) in [5, 5.41) is 4.83. The van der Waals surface area contributed by atoms with Crippen LogP contribution in [0.2, 0.25) is 0 Å². The lowest BCUT2D eigenvalue weighted by Crippen LogP contribution is -2.39. The number of fused-ring (bicyclic) bond motifs is 1. The third-order valence-electron chi connectivity index (χ3n) is 5.86. The third kappa shape index (κ3) is 7.44. The molecule has 0 fully saturated rings. The molecule has 8 heteroatoms. The maximum Gasteiger partial charge on any atom is 0.407 e. The number of rotatable bonds is 11. The van der Waals surface area contributed by atoms with Crippen molar-refractivity contribution in [3.63, 3.8) is 0 Å². The molecule has 0 saturated carbocycles. The number of aromatic nitrogens is 1. The van der Waals surface area contributed by atoms with E-state index in [2.05, 4.69) is 34.8 Å². The van der Waals surface area contributed by atoms with Gasteiger partial charge in [0.05, 0.1) is 16.7 Å². The fourth-order valence-corrected chi connectivity index (χ4v) is 4.82. The summed E-state index contributed by atoms with van der Waals surface area (Å²) in [5.74, 6) is 0.623. The molecule has 2 amide bonds. The number of anilines is 1. The molecule has 7 nitrogen and oxygen atoms in total. The zero-order chi connectivity index (χ0) is 26.7. The van der Waals surface area contributed by atoms with Gasteiger partial charge in [0.2, 0.25) is 0 Å². The topological polar surface area (TPSA) is 71.8 Å². The Morgan fingerprint density at radius 1 is 0.947 bits per heavy atom. The van der Waals surface area contributed by atoms with E-state index in [9.17, 15) is 9.59 Å². The Morgan fingerprint density at radius 3 is 2.53 bits per heavy atom. The van der Waals surface area contributed by atoms with E-state index in [4.69, 9.17) is 9.47 Å². The quantitative estimate of drug-likeness (QED) is 0.134. The van der Waals surface area contributed by atoms with Crippen molar-refractivity contribution in [3.05, 3.63) is 100 Å². The molecule has 0 bridgehead atoms. The minimum Gasteiger partial charge on any atom is -0.491 e. The average Bonchev–Trinajstić information content (AvgIpc) is 2.93. The molecule has 0 atom stereocenters. The Hall–Kier alpha value is -3.66. The lowest BCUT2D eigenvalue weighted by Gasteiger charge is -2.22. The smallest absolute Gasteiger partial charge is 0.407 e. The van der Waals surface area contributed by atoms with E-state index >= 15 is 0 Å². The number of nitrogens with one attached hydrogen (secondary N) is 1.